The largest absolute Gasteiger partial charge is 0.473 e. The number of aromatic nitrogens is 3. The van der Waals surface area contributed by atoms with E-state index in [2.05, 4.69) is 9.97 Å². The molecule has 1 saturated heterocycles. The van der Waals surface area contributed by atoms with Crippen LogP contribution in [0, 0.1) is 11.6 Å². The summed E-state index contributed by atoms with van der Waals surface area (Å²) in [5.74, 6) is -3.08. The first kappa shape index (κ1) is 24.0. The van der Waals surface area contributed by atoms with Crippen molar-refractivity contribution in [2.24, 2.45) is 0 Å². The Bertz CT molecular complexity index is 1360. The predicted octanol–water partition coefficient (Wildman–Crippen LogP) is 3.92. The van der Waals surface area contributed by atoms with E-state index in [0.717, 1.165) is 18.3 Å². The number of fused-ring (bicyclic) bond motifs is 3. The molecule has 0 bridgehead atoms. The first-order valence-electron chi connectivity index (χ1n) is 10.8. The van der Waals surface area contributed by atoms with Crippen LogP contribution >= 0.6 is 0 Å². The zero-order valence-corrected chi connectivity index (χ0v) is 18.8. The minimum absolute atomic E-state index is 0.0156. The van der Waals surface area contributed by atoms with Gasteiger partial charge in [0.1, 0.15) is 18.2 Å². The monoisotopic (exact) mass is 510 g/mol. The van der Waals surface area contributed by atoms with Crippen LogP contribution in [-0.4, -0.2) is 39.8 Å². The normalized spacial score (nSPS) is 19.1. The van der Waals surface area contributed by atoms with Crippen LogP contribution in [0.3, 0.4) is 0 Å². The molecule has 0 aliphatic carbocycles. The van der Waals surface area contributed by atoms with Gasteiger partial charge in [-0.05, 0) is 30.7 Å². The van der Waals surface area contributed by atoms with Crippen molar-refractivity contribution in [3.8, 4) is 17.4 Å². The summed E-state index contributed by atoms with van der Waals surface area (Å²) in [7, 11) is 0. The SMILES string of the molecule is C[C@@]12COCCN1c1cc(OCc3cc(F)c(Oc4cncc(C(F)(F)F)c4)c(F)c3)nc(=O)n1C2. The van der Waals surface area contributed by atoms with Gasteiger partial charge in [0, 0.05) is 18.8 Å². The van der Waals surface area contributed by atoms with Crippen LogP contribution in [0.25, 0.3) is 0 Å². The summed E-state index contributed by atoms with van der Waals surface area (Å²) in [5, 5.41) is 0. The van der Waals surface area contributed by atoms with Gasteiger partial charge < -0.3 is 19.1 Å². The highest BCUT2D eigenvalue weighted by Gasteiger charge is 2.43. The van der Waals surface area contributed by atoms with E-state index in [-0.39, 0.29) is 23.6 Å². The highest BCUT2D eigenvalue weighted by molar-refractivity contribution is 5.50. The molecule has 0 saturated carbocycles. The quantitative estimate of drug-likeness (QED) is 0.482. The lowest BCUT2D eigenvalue weighted by molar-refractivity contribution is -0.137. The number of benzene rings is 1. The van der Waals surface area contributed by atoms with Gasteiger partial charge in [-0.1, -0.05) is 0 Å². The first-order chi connectivity index (χ1) is 17.0. The van der Waals surface area contributed by atoms with Gasteiger partial charge in [-0.15, -0.1) is 0 Å². The Labute approximate surface area is 200 Å². The average Bonchev–Trinajstić information content (AvgIpc) is 3.13. The van der Waals surface area contributed by atoms with Gasteiger partial charge in [0.2, 0.25) is 5.88 Å². The number of nitrogens with zero attached hydrogens (tertiary/aromatic N) is 4. The van der Waals surface area contributed by atoms with Crippen molar-refractivity contribution in [3.63, 3.8) is 0 Å². The maximum Gasteiger partial charge on any atom is 0.418 e. The minimum Gasteiger partial charge on any atom is -0.473 e. The Morgan fingerprint density at radius 1 is 1.14 bits per heavy atom. The van der Waals surface area contributed by atoms with Crippen molar-refractivity contribution in [3.05, 3.63) is 69.9 Å². The Balaban J connectivity index is 1.33. The highest BCUT2D eigenvalue weighted by Crippen LogP contribution is 2.36. The van der Waals surface area contributed by atoms with Crippen LogP contribution in [0.15, 0.2) is 41.5 Å². The number of pyridine rings is 1. The number of hydrogen-bond acceptors (Lipinski definition) is 7. The molecule has 2 aromatic heterocycles. The van der Waals surface area contributed by atoms with E-state index in [9.17, 15) is 26.7 Å². The number of hydrogen-bond donors (Lipinski definition) is 0. The molecule has 8 nitrogen and oxygen atoms in total. The fourth-order valence-electron chi connectivity index (χ4n) is 4.28. The molecule has 190 valence electrons. The first-order valence-corrected chi connectivity index (χ1v) is 10.8. The molecule has 0 radical (unpaired) electrons. The lowest BCUT2D eigenvalue weighted by Gasteiger charge is -2.39. The van der Waals surface area contributed by atoms with Crippen LogP contribution in [0.4, 0.5) is 27.8 Å². The molecular weight excluding hydrogens is 491 g/mol. The maximum atomic E-state index is 14.6. The van der Waals surface area contributed by atoms with Crippen molar-refractivity contribution in [2.45, 2.75) is 31.8 Å². The standard InChI is InChI=1S/C23H19F5N4O4/c1-22-11-31-19(32(22)2-3-34-12-22)7-18(30-21(31)33)35-10-13-4-16(24)20(17(25)5-13)36-15-6-14(8-29-9-15)23(26,27)28/h4-9H,2-3,10-12H2,1H3/t22-/m1/s1. The second-order valence-electron chi connectivity index (χ2n) is 8.71. The van der Waals surface area contributed by atoms with Gasteiger partial charge >= 0.3 is 11.9 Å². The molecule has 4 heterocycles. The molecule has 2 aliphatic heterocycles. The topological polar surface area (TPSA) is 78.7 Å². The van der Waals surface area contributed by atoms with Crippen molar-refractivity contribution in [1.29, 1.82) is 0 Å². The van der Waals surface area contributed by atoms with Crippen LogP contribution in [0.2, 0.25) is 0 Å². The van der Waals surface area contributed by atoms with Crippen molar-refractivity contribution >= 4 is 5.82 Å². The van der Waals surface area contributed by atoms with Crippen molar-refractivity contribution in [1.82, 2.24) is 14.5 Å². The molecule has 2 aliphatic rings. The van der Waals surface area contributed by atoms with E-state index in [1.165, 1.54) is 4.57 Å². The summed E-state index contributed by atoms with van der Waals surface area (Å²) in [4.78, 5) is 21.9. The second kappa shape index (κ2) is 8.73. The number of alkyl halides is 3. The molecule has 5 rings (SSSR count). The van der Waals surface area contributed by atoms with Gasteiger partial charge in [0.15, 0.2) is 17.4 Å². The number of halogens is 5. The number of ether oxygens (including phenoxy) is 3. The fraction of sp³-hybridized carbons (Fsp3) is 0.348. The Morgan fingerprint density at radius 3 is 2.61 bits per heavy atom. The maximum absolute atomic E-state index is 14.6. The number of morpholine rings is 1. The summed E-state index contributed by atoms with van der Waals surface area (Å²) in [6, 6.07) is 4.00. The van der Waals surface area contributed by atoms with Crippen LogP contribution in [-0.2, 0) is 24.1 Å². The molecule has 36 heavy (non-hydrogen) atoms. The zero-order chi connectivity index (χ0) is 25.7. The molecule has 1 aromatic carbocycles. The Kier molecular flexibility index (Phi) is 5.81. The molecule has 0 amide bonds. The third-order valence-corrected chi connectivity index (χ3v) is 5.97. The predicted molar refractivity (Wildman–Crippen MR) is 115 cm³/mol. The summed E-state index contributed by atoms with van der Waals surface area (Å²) in [6.45, 7) is 3.60. The minimum atomic E-state index is -4.70. The van der Waals surface area contributed by atoms with Gasteiger partial charge in [-0.25, -0.2) is 13.6 Å². The fourth-order valence-corrected chi connectivity index (χ4v) is 4.28. The molecule has 0 unspecified atom stereocenters. The van der Waals surface area contributed by atoms with Gasteiger partial charge in [-0.3, -0.25) is 9.55 Å². The van der Waals surface area contributed by atoms with E-state index in [1.54, 1.807) is 6.07 Å². The third kappa shape index (κ3) is 4.45. The Morgan fingerprint density at radius 2 is 1.89 bits per heavy atom. The molecular formula is C23H19F5N4O4. The lowest BCUT2D eigenvalue weighted by atomic mass is 10.0. The zero-order valence-electron chi connectivity index (χ0n) is 18.8. The summed E-state index contributed by atoms with van der Waals surface area (Å²) in [5.41, 5.74) is -1.98. The van der Waals surface area contributed by atoms with E-state index < -0.39 is 40.6 Å². The van der Waals surface area contributed by atoms with E-state index in [4.69, 9.17) is 14.2 Å². The molecule has 1 atom stereocenters. The van der Waals surface area contributed by atoms with E-state index >= 15 is 0 Å². The second-order valence-corrected chi connectivity index (χ2v) is 8.71. The average molecular weight is 510 g/mol. The van der Waals surface area contributed by atoms with Crippen molar-refractivity contribution < 1.29 is 36.2 Å². The Hall–Kier alpha value is -3.74. The number of anilines is 1. The van der Waals surface area contributed by atoms with Crippen LogP contribution in [0.1, 0.15) is 18.1 Å². The lowest BCUT2D eigenvalue weighted by Crippen LogP contribution is -2.53. The number of rotatable bonds is 5. The van der Waals surface area contributed by atoms with Gasteiger partial charge in [0.05, 0.1) is 37.1 Å². The highest BCUT2D eigenvalue weighted by atomic mass is 19.4. The molecule has 1 fully saturated rings. The molecule has 3 aromatic rings. The van der Waals surface area contributed by atoms with Gasteiger partial charge in [0.25, 0.3) is 0 Å². The summed E-state index contributed by atoms with van der Waals surface area (Å²) in [6.07, 6.45) is -3.22. The molecule has 13 heteroatoms. The molecule has 0 spiro atoms. The van der Waals surface area contributed by atoms with Gasteiger partial charge in [-0.2, -0.15) is 18.2 Å². The summed E-state index contributed by atoms with van der Waals surface area (Å²) < 4.78 is 85.3. The summed E-state index contributed by atoms with van der Waals surface area (Å²) >= 11 is 0. The van der Waals surface area contributed by atoms with Crippen LogP contribution in [0.5, 0.6) is 17.4 Å². The third-order valence-electron chi connectivity index (χ3n) is 5.97. The van der Waals surface area contributed by atoms with Crippen molar-refractivity contribution in [2.75, 3.05) is 24.7 Å². The van der Waals surface area contributed by atoms with E-state index in [1.807, 2.05) is 11.8 Å². The van der Waals surface area contributed by atoms with E-state index in [0.29, 0.717) is 44.4 Å². The van der Waals surface area contributed by atoms with Crippen LogP contribution < -0.4 is 20.1 Å². The smallest absolute Gasteiger partial charge is 0.418 e. The molecule has 0 N–H and O–H groups in total.